The van der Waals surface area contributed by atoms with Crippen molar-refractivity contribution in [1.82, 2.24) is 15.5 Å². The van der Waals surface area contributed by atoms with E-state index in [1.807, 2.05) is 4.90 Å². The highest BCUT2D eigenvalue weighted by Gasteiger charge is 2.20. The number of rotatable bonds is 13. The molecule has 0 heterocycles. The van der Waals surface area contributed by atoms with Crippen LogP contribution in [0.4, 0.5) is 0 Å². The molecule has 0 spiro atoms. The van der Waals surface area contributed by atoms with Crippen molar-refractivity contribution in [3.05, 3.63) is 0 Å². The molecular weight excluding hydrogens is 294 g/mol. The van der Waals surface area contributed by atoms with E-state index in [1.165, 1.54) is 0 Å². The standard InChI is InChI=1S/C17H37N3O3/c1-15(17(2,3)4)14-19-16(23)6-8-18-7-5-9-20(10-12-21)11-13-22/h15,18,21-22H,5-14H2,1-4H3,(H,19,23). The highest BCUT2D eigenvalue weighted by atomic mass is 16.3. The summed E-state index contributed by atoms with van der Waals surface area (Å²) in [4.78, 5) is 13.8. The zero-order chi connectivity index (χ0) is 17.7. The Hall–Kier alpha value is -0.690. The van der Waals surface area contributed by atoms with Crippen molar-refractivity contribution < 1.29 is 15.0 Å². The van der Waals surface area contributed by atoms with E-state index >= 15 is 0 Å². The van der Waals surface area contributed by atoms with Crippen molar-refractivity contribution in [3.8, 4) is 0 Å². The van der Waals surface area contributed by atoms with E-state index in [4.69, 9.17) is 10.2 Å². The fourth-order valence-electron chi connectivity index (χ4n) is 2.03. The molecule has 4 N–H and O–H groups in total. The van der Waals surface area contributed by atoms with Gasteiger partial charge in [-0.15, -0.1) is 0 Å². The van der Waals surface area contributed by atoms with Crippen LogP contribution in [0.5, 0.6) is 0 Å². The number of hydrogen-bond acceptors (Lipinski definition) is 5. The molecule has 6 nitrogen and oxygen atoms in total. The van der Waals surface area contributed by atoms with Crippen molar-refractivity contribution in [2.24, 2.45) is 11.3 Å². The van der Waals surface area contributed by atoms with Gasteiger partial charge in [0.2, 0.25) is 5.91 Å². The van der Waals surface area contributed by atoms with Crippen LogP contribution in [0.25, 0.3) is 0 Å². The summed E-state index contributed by atoms with van der Waals surface area (Å²) in [5.74, 6) is 0.541. The fourth-order valence-corrected chi connectivity index (χ4v) is 2.03. The second kappa shape index (κ2) is 12.7. The molecule has 0 radical (unpaired) electrons. The molecule has 0 aliphatic rings. The van der Waals surface area contributed by atoms with Crippen molar-refractivity contribution in [2.45, 2.75) is 40.5 Å². The molecule has 23 heavy (non-hydrogen) atoms. The molecule has 1 atom stereocenters. The van der Waals surface area contributed by atoms with Crippen molar-refractivity contribution in [2.75, 3.05) is 52.5 Å². The zero-order valence-corrected chi connectivity index (χ0v) is 15.4. The predicted molar refractivity (Wildman–Crippen MR) is 94.3 cm³/mol. The number of hydrogen-bond donors (Lipinski definition) is 4. The van der Waals surface area contributed by atoms with Crippen LogP contribution in [0.3, 0.4) is 0 Å². The molecule has 138 valence electrons. The molecule has 0 aromatic rings. The Morgan fingerprint density at radius 3 is 2.22 bits per heavy atom. The van der Waals surface area contributed by atoms with E-state index in [0.717, 1.165) is 26.1 Å². The number of carbonyl (C=O) groups is 1. The van der Waals surface area contributed by atoms with Crippen LogP contribution in [0.15, 0.2) is 0 Å². The molecule has 0 saturated carbocycles. The molecule has 1 amide bonds. The monoisotopic (exact) mass is 331 g/mol. The Kier molecular flexibility index (Phi) is 12.3. The number of nitrogens with one attached hydrogen (secondary N) is 2. The highest BCUT2D eigenvalue weighted by molar-refractivity contribution is 5.76. The third kappa shape index (κ3) is 12.4. The van der Waals surface area contributed by atoms with Gasteiger partial charge in [0, 0.05) is 32.6 Å². The Morgan fingerprint density at radius 2 is 1.70 bits per heavy atom. The summed E-state index contributed by atoms with van der Waals surface area (Å²) in [6, 6.07) is 0. The first-order valence-electron chi connectivity index (χ1n) is 8.72. The minimum absolute atomic E-state index is 0.0933. The first-order chi connectivity index (χ1) is 10.8. The van der Waals surface area contributed by atoms with E-state index in [2.05, 4.69) is 38.3 Å². The Balaban J connectivity index is 3.62. The van der Waals surface area contributed by atoms with E-state index in [1.54, 1.807) is 0 Å². The maximum Gasteiger partial charge on any atom is 0.221 e. The van der Waals surface area contributed by atoms with Gasteiger partial charge in [-0.1, -0.05) is 27.7 Å². The van der Waals surface area contributed by atoms with E-state index in [-0.39, 0.29) is 24.5 Å². The number of aliphatic hydroxyl groups excluding tert-OH is 2. The van der Waals surface area contributed by atoms with Gasteiger partial charge in [0.15, 0.2) is 0 Å². The van der Waals surface area contributed by atoms with Crippen molar-refractivity contribution in [1.29, 1.82) is 0 Å². The minimum atomic E-state index is 0.0933. The number of amides is 1. The molecule has 0 bridgehead atoms. The summed E-state index contributed by atoms with van der Waals surface area (Å²) >= 11 is 0. The minimum Gasteiger partial charge on any atom is -0.395 e. The van der Waals surface area contributed by atoms with Gasteiger partial charge in [-0.2, -0.15) is 0 Å². The summed E-state index contributed by atoms with van der Waals surface area (Å²) in [5.41, 5.74) is 0.209. The largest absolute Gasteiger partial charge is 0.395 e. The van der Waals surface area contributed by atoms with Gasteiger partial charge < -0.3 is 20.8 Å². The van der Waals surface area contributed by atoms with Crippen LogP contribution in [0.1, 0.15) is 40.5 Å². The molecule has 0 aromatic heterocycles. The van der Waals surface area contributed by atoms with E-state index in [0.29, 0.717) is 32.0 Å². The lowest BCUT2D eigenvalue weighted by atomic mass is 9.82. The summed E-state index contributed by atoms with van der Waals surface area (Å²) in [5, 5.41) is 24.1. The third-order valence-corrected chi connectivity index (χ3v) is 4.27. The van der Waals surface area contributed by atoms with E-state index < -0.39 is 0 Å². The lowest BCUT2D eigenvalue weighted by Gasteiger charge is -2.27. The van der Waals surface area contributed by atoms with Gasteiger partial charge in [-0.25, -0.2) is 0 Å². The summed E-state index contributed by atoms with van der Waals surface area (Å²) in [7, 11) is 0. The molecule has 0 aliphatic heterocycles. The first kappa shape index (κ1) is 22.3. The van der Waals surface area contributed by atoms with Crippen LogP contribution in [-0.4, -0.2) is 73.5 Å². The topological polar surface area (TPSA) is 84.8 Å². The number of aliphatic hydroxyl groups is 2. The van der Waals surface area contributed by atoms with Crippen molar-refractivity contribution >= 4 is 5.91 Å². The molecule has 0 aliphatic carbocycles. The smallest absolute Gasteiger partial charge is 0.221 e. The van der Waals surface area contributed by atoms with Gasteiger partial charge in [-0.05, 0) is 30.8 Å². The molecule has 1 unspecified atom stereocenters. The lowest BCUT2D eigenvalue weighted by Crippen LogP contribution is -2.35. The number of nitrogens with zero attached hydrogens (tertiary/aromatic N) is 1. The van der Waals surface area contributed by atoms with Gasteiger partial charge in [0.1, 0.15) is 0 Å². The maximum absolute atomic E-state index is 11.8. The van der Waals surface area contributed by atoms with Gasteiger partial charge >= 0.3 is 0 Å². The van der Waals surface area contributed by atoms with Crippen molar-refractivity contribution in [3.63, 3.8) is 0 Å². The molecule has 6 heteroatoms. The Labute approximate surface area is 141 Å². The Bertz CT molecular complexity index is 300. The van der Waals surface area contributed by atoms with Crippen LogP contribution >= 0.6 is 0 Å². The van der Waals surface area contributed by atoms with Crippen LogP contribution in [0.2, 0.25) is 0 Å². The highest BCUT2D eigenvalue weighted by Crippen LogP contribution is 2.24. The predicted octanol–water partition coefficient (Wildman–Crippen LogP) is 0.441. The molecule has 0 aromatic carbocycles. The molecule has 0 saturated heterocycles. The molecule has 0 rings (SSSR count). The van der Waals surface area contributed by atoms with Crippen LogP contribution in [-0.2, 0) is 4.79 Å². The van der Waals surface area contributed by atoms with Gasteiger partial charge in [-0.3, -0.25) is 9.69 Å². The normalized spacial score (nSPS) is 13.3. The molecular formula is C17H37N3O3. The fraction of sp³-hybridized carbons (Fsp3) is 0.941. The first-order valence-corrected chi connectivity index (χ1v) is 8.72. The average molecular weight is 332 g/mol. The maximum atomic E-state index is 11.8. The summed E-state index contributed by atoms with van der Waals surface area (Å²) < 4.78 is 0. The third-order valence-electron chi connectivity index (χ3n) is 4.27. The number of carbonyl (C=O) groups excluding carboxylic acids is 1. The average Bonchev–Trinajstić information content (AvgIpc) is 2.47. The van der Waals surface area contributed by atoms with E-state index in [9.17, 15) is 4.79 Å². The zero-order valence-electron chi connectivity index (χ0n) is 15.4. The second-order valence-corrected chi connectivity index (χ2v) is 7.21. The SMILES string of the molecule is CC(CNC(=O)CCNCCCN(CCO)CCO)C(C)(C)C. The quantitative estimate of drug-likeness (QED) is 0.368. The second-order valence-electron chi connectivity index (χ2n) is 7.21. The van der Waals surface area contributed by atoms with Crippen LogP contribution in [0, 0.1) is 11.3 Å². The lowest BCUT2D eigenvalue weighted by molar-refractivity contribution is -0.121. The van der Waals surface area contributed by atoms with Gasteiger partial charge in [0.05, 0.1) is 13.2 Å². The summed E-state index contributed by atoms with van der Waals surface area (Å²) in [6.45, 7) is 13.2. The molecule has 0 fully saturated rings. The van der Waals surface area contributed by atoms with Gasteiger partial charge in [0.25, 0.3) is 0 Å². The van der Waals surface area contributed by atoms with Crippen LogP contribution < -0.4 is 10.6 Å². The summed E-state index contributed by atoms with van der Waals surface area (Å²) in [6.07, 6.45) is 1.43. The Morgan fingerprint density at radius 1 is 1.09 bits per heavy atom.